The predicted molar refractivity (Wildman–Crippen MR) is 145 cm³/mol. The van der Waals surface area contributed by atoms with Crippen LogP contribution in [0.2, 0.25) is 0 Å². The van der Waals surface area contributed by atoms with Gasteiger partial charge in [0.2, 0.25) is 0 Å². The standard InChI is InChI=1S/C31H54N2O2/c1-20(2)27(34)11-8-21(3)24-9-10-25-29-26(13-15-31(24,25)5)30(4)14-12-23(33-17-7-16-32-6)18-22(30)19-28(29)35/h21-26,28-29,32-33,35H,1,7-19H2,2-6H3/t21-,22-,23+,24?,25?,26?,28-,29?,30+,31-/m1/s1. The monoisotopic (exact) mass is 486 g/mol. The topological polar surface area (TPSA) is 61.4 Å². The lowest BCUT2D eigenvalue weighted by Gasteiger charge is -2.62. The Balaban J connectivity index is 1.42. The summed E-state index contributed by atoms with van der Waals surface area (Å²) in [5, 5.41) is 18.7. The molecule has 4 unspecified atom stereocenters. The molecule has 4 rings (SSSR count). The van der Waals surface area contributed by atoms with Gasteiger partial charge in [0.25, 0.3) is 0 Å². The minimum Gasteiger partial charge on any atom is -0.393 e. The summed E-state index contributed by atoms with van der Waals surface area (Å²) in [6.45, 7) is 15.4. The second-order valence-electron chi connectivity index (χ2n) is 13.6. The number of hydrogen-bond acceptors (Lipinski definition) is 4. The van der Waals surface area contributed by atoms with Crippen molar-refractivity contribution in [3.05, 3.63) is 12.2 Å². The predicted octanol–water partition coefficient (Wildman–Crippen LogP) is 5.75. The third kappa shape index (κ3) is 5.18. The van der Waals surface area contributed by atoms with E-state index in [1.165, 1.54) is 51.4 Å². The highest BCUT2D eigenvalue weighted by atomic mass is 16.3. The summed E-state index contributed by atoms with van der Waals surface area (Å²) >= 11 is 0. The van der Waals surface area contributed by atoms with E-state index >= 15 is 0 Å². The SMILES string of the molecule is C=C(C)C(=O)CC[C@@H](C)C1CCC2C3C(CC[C@@]21C)[C@@]1(C)CC[C@H](NCCCNC)C[C@@H]1C[C@H]3O. The van der Waals surface area contributed by atoms with E-state index in [-0.39, 0.29) is 11.9 Å². The summed E-state index contributed by atoms with van der Waals surface area (Å²) in [5.74, 6) is 3.94. The first-order valence-electron chi connectivity index (χ1n) is 14.9. The van der Waals surface area contributed by atoms with Gasteiger partial charge in [-0.15, -0.1) is 0 Å². The largest absolute Gasteiger partial charge is 0.393 e. The molecular formula is C31H54N2O2. The summed E-state index contributed by atoms with van der Waals surface area (Å²) in [7, 11) is 2.03. The zero-order valence-electron chi connectivity index (χ0n) is 23.4. The maximum Gasteiger partial charge on any atom is 0.157 e. The molecule has 10 atom stereocenters. The number of aliphatic hydroxyl groups is 1. The lowest BCUT2D eigenvalue weighted by Crippen LogP contribution is -2.59. The Morgan fingerprint density at radius 2 is 1.77 bits per heavy atom. The van der Waals surface area contributed by atoms with Crippen LogP contribution in [-0.2, 0) is 4.79 Å². The summed E-state index contributed by atoms with van der Waals surface area (Å²) in [5.41, 5.74) is 1.42. The number of carbonyl (C=O) groups is 1. The van der Waals surface area contributed by atoms with Gasteiger partial charge in [0.15, 0.2) is 5.78 Å². The van der Waals surface area contributed by atoms with Crippen LogP contribution in [0.15, 0.2) is 12.2 Å². The Labute approximate surface area is 215 Å². The molecule has 0 amide bonds. The van der Waals surface area contributed by atoms with E-state index in [9.17, 15) is 9.90 Å². The van der Waals surface area contributed by atoms with Crippen molar-refractivity contribution >= 4 is 5.78 Å². The Morgan fingerprint density at radius 1 is 1.06 bits per heavy atom. The minimum atomic E-state index is -0.134. The molecule has 4 aliphatic rings. The molecule has 3 N–H and O–H groups in total. The summed E-state index contributed by atoms with van der Waals surface area (Å²) in [6, 6.07) is 0.626. The van der Waals surface area contributed by atoms with Gasteiger partial charge in [-0.3, -0.25) is 4.79 Å². The molecule has 0 aromatic rings. The molecule has 0 spiro atoms. The third-order valence-corrected chi connectivity index (χ3v) is 11.8. The van der Waals surface area contributed by atoms with Crippen LogP contribution in [-0.4, -0.2) is 43.2 Å². The molecule has 4 saturated carbocycles. The van der Waals surface area contributed by atoms with Crippen LogP contribution in [0.5, 0.6) is 0 Å². The number of allylic oxidation sites excluding steroid dienone is 1. The number of carbonyl (C=O) groups excluding carboxylic acids is 1. The average Bonchev–Trinajstić information content (AvgIpc) is 3.18. The van der Waals surface area contributed by atoms with Crippen LogP contribution in [0.3, 0.4) is 0 Å². The highest BCUT2D eigenvalue weighted by molar-refractivity contribution is 5.94. The van der Waals surface area contributed by atoms with Crippen molar-refractivity contribution < 1.29 is 9.90 Å². The molecule has 200 valence electrons. The van der Waals surface area contributed by atoms with Crippen LogP contribution in [0, 0.1) is 46.3 Å². The number of rotatable bonds is 10. The summed E-state index contributed by atoms with van der Waals surface area (Å²) in [4.78, 5) is 12.2. The van der Waals surface area contributed by atoms with Crippen LogP contribution in [0.25, 0.3) is 0 Å². The quantitative estimate of drug-likeness (QED) is 0.272. The lowest BCUT2D eigenvalue weighted by molar-refractivity contribution is -0.167. The fraction of sp³-hybridized carbons (Fsp3) is 0.903. The molecule has 35 heavy (non-hydrogen) atoms. The fourth-order valence-corrected chi connectivity index (χ4v) is 9.73. The highest BCUT2D eigenvalue weighted by Gasteiger charge is 2.62. The fourth-order valence-electron chi connectivity index (χ4n) is 9.73. The van der Waals surface area contributed by atoms with Gasteiger partial charge < -0.3 is 15.7 Å². The Bertz CT molecular complexity index is 767. The van der Waals surface area contributed by atoms with E-state index in [2.05, 4.69) is 38.0 Å². The molecule has 0 saturated heterocycles. The van der Waals surface area contributed by atoms with Gasteiger partial charge in [-0.25, -0.2) is 0 Å². The molecule has 0 aromatic heterocycles. The zero-order chi connectivity index (χ0) is 25.4. The first-order valence-corrected chi connectivity index (χ1v) is 14.9. The van der Waals surface area contributed by atoms with Crippen LogP contribution in [0.1, 0.15) is 98.3 Å². The van der Waals surface area contributed by atoms with E-state index in [0.29, 0.717) is 64.4 Å². The van der Waals surface area contributed by atoms with Crippen molar-refractivity contribution in [3.8, 4) is 0 Å². The number of fused-ring (bicyclic) bond motifs is 5. The first-order chi connectivity index (χ1) is 16.6. The van der Waals surface area contributed by atoms with E-state index in [1.54, 1.807) is 0 Å². The molecule has 4 aliphatic carbocycles. The lowest BCUT2D eigenvalue weighted by atomic mass is 9.43. The van der Waals surface area contributed by atoms with Gasteiger partial charge in [0.1, 0.15) is 0 Å². The molecule has 4 heteroatoms. The van der Waals surface area contributed by atoms with Crippen LogP contribution < -0.4 is 10.6 Å². The average molecular weight is 487 g/mol. The van der Waals surface area contributed by atoms with Gasteiger partial charge in [0.05, 0.1) is 6.10 Å². The Hall–Kier alpha value is -0.710. The number of Topliss-reactive ketones (excluding diaryl/α,β-unsaturated/α-hetero) is 1. The zero-order valence-corrected chi connectivity index (χ0v) is 23.4. The van der Waals surface area contributed by atoms with Gasteiger partial charge >= 0.3 is 0 Å². The second-order valence-corrected chi connectivity index (χ2v) is 13.6. The van der Waals surface area contributed by atoms with E-state index < -0.39 is 0 Å². The second kappa shape index (κ2) is 11.0. The molecule has 0 aliphatic heterocycles. The number of aliphatic hydroxyl groups excluding tert-OH is 1. The molecular weight excluding hydrogens is 432 g/mol. The maximum atomic E-state index is 12.2. The van der Waals surface area contributed by atoms with Crippen molar-refractivity contribution in [2.24, 2.45) is 46.3 Å². The van der Waals surface area contributed by atoms with Gasteiger partial charge in [-0.2, -0.15) is 0 Å². The first kappa shape index (κ1) is 27.3. The van der Waals surface area contributed by atoms with Crippen LogP contribution >= 0.6 is 0 Å². The van der Waals surface area contributed by atoms with Crippen molar-refractivity contribution in [1.82, 2.24) is 10.6 Å². The highest BCUT2D eigenvalue weighted by Crippen LogP contribution is 2.68. The molecule has 0 bridgehead atoms. The smallest absolute Gasteiger partial charge is 0.157 e. The number of ketones is 1. The number of hydrogen-bond donors (Lipinski definition) is 3. The van der Waals surface area contributed by atoms with Gasteiger partial charge in [-0.05, 0) is 143 Å². The van der Waals surface area contributed by atoms with E-state index in [1.807, 2.05) is 14.0 Å². The van der Waals surface area contributed by atoms with Crippen molar-refractivity contribution in [3.63, 3.8) is 0 Å². The third-order valence-electron chi connectivity index (χ3n) is 11.8. The van der Waals surface area contributed by atoms with Crippen molar-refractivity contribution in [2.75, 3.05) is 20.1 Å². The van der Waals surface area contributed by atoms with Gasteiger partial charge in [0, 0.05) is 12.5 Å². The molecule has 0 radical (unpaired) electrons. The normalized spacial score (nSPS) is 43.7. The van der Waals surface area contributed by atoms with Crippen molar-refractivity contribution in [2.45, 2.75) is 110 Å². The number of nitrogens with one attached hydrogen (secondary N) is 2. The van der Waals surface area contributed by atoms with E-state index in [0.717, 1.165) is 25.9 Å². The summed E-state index contributed by atoms with van der Waals surface area (Å²) < 4.78 is 0. The molecule has 0 heterocycles. The molecule has 4 nitrogen and oxygen atoms in total. The van der Waals surface area contributed by atoms with E-state index in [4.69, 9.17) is 0 Å². The van der Waals surface area contributed by atoms with Crippen LogP contribution in [0.4, 0.5) is 0 Å². The van der Waals surface area contributed by atoms with Crippen molar-refractivity contribution in [1.29, 1.82) is 0 Å². The summed E-state index contributed by atoms with van der Waals surface area (Å²) in [6.07, 6.45) is 12.7. The molecule has 4 fully saturated rings. The maximum absolute atomic E-state index is 12.2. The molecule has 0 aromatic carbocycles. The Kier molecular flexibility index (Phi) is 8.55. The minimum absolute atomic E-state index is 0.134. The Morgan fingerprint density at radius 3 is 2.49 bits per heavy atom. The van der Waals surface area contributed by atoms with Gasteiger partial charge in [-0.1, -0.05) is 27.4 Å².